The highest BCUT2D eigenvalue weighted by atomic mass is 32.2. The topological polar surface area (TPSA) is 81.4 Å². The third-order valence-corrected chi connectivity index (χ3v) is 2.89. The molecule has 0 unspecified atom stereocenters. The van der Waals surface area contributed by atoms with E-state index in [0.29, 0.717) is 5.75 Å². The van der Waals surface area contributed by atoms with Gasteiger partial charge in [0.05, 0.1) is 12.0 Å². The molecule has 5 nitrogen and oxygen atoms in total. The lowest BCUT2D eigenvalue weighted by molar-refractivity contribution is 0.415. The van der Waals surface area contributed by atoms with Gasteiger partial charge >= 0.3 is 0 Å². The number of methoxy groups -OCH3 is 1. The van der Waals surface area contributed by atoms with E-state index in [0.717, 1.165) is 6.26 Å². The summed E-state index contributed by atoms with van der Waals surface area (Å²) in [6.07, 6.45) is 1.11. The normalized spacial score (nSPS) is 11.1. The molecule has 0 aliphatic carbocycles. The molecule has 3 N–H and O–H groups in total. The standard InChI is InChI=1S/C8H12N2O3S/c1-13-6-4-3-5-7(8(6)10-9)14(2,11)12/h3-5,10H,9H2,1-2H3. The van der Waals surface area contributed by atoms with E-state index in [9.17, 15) is 8.42 Å². The highest BCUT2D eigenvalue weighted by Crippen LogP contribution is 2.30. The average molecular weight is 216 g/mol. The van der Waals surface area contributed by atoms with Crippen LogP contribution >= 0.6 is 0 Å². The number of ether oxygens (including phenoxy) is 1. The van der Waals surface area contributed by atoms with Crippen molar-refractivity contribution in [3.63, 3.8) is 0 Å². The number of benzene rings is 1. The number of hydrazine groups is 1. The first-order valence-corrected chi connectivity index (χ1v) is 5.73. The molecule has 0 saturated carbocycles. The molecule has 0 amide bonds. The monoisotopic (exact) mass is 216 g/mol. The minimum absolute atomic E-state index is 0.124. The number of hydrogen-bond acceptors (Lipinski definition) is 5. The average Bonchev–Trinajstić information content (AvgIpc) is 2.15. The van der Waals surface area contributed by atoms with Crippen molar-refractivity contribution < 1.29 is 13.2 Å². The summed E-state index contributed by atoms with van der Waals surface area (Å²) in [6, 6.07) is 4.69. The minimum Gasteiger partial charge on any atom is -0.494 e. The molecule has 0 aromatic heterocycles. The van der Waals surface area contributed by atoms with Crippen molar-refractivity contribution >= 4 is 15.5 Å². The van der Waals surface area contributed by atoms with Crippen molar-refractivity contribution in [3.8, 4) is 5.75 Å². The van der Waals surface area contributed by atoms with Crippen LogP contribution in [-0.2, 0) is 9.84 Å². The molecule has 0 heterocycles. The first kappa shape index (κ1) is 10.8. The molecule has 1 aromatic rings. The third kappa shape index (κ3) is 1.97. The van der Waals surface area contributed by atoms with Crippen LogP contribution in [-0.4, -0.2) is 21.8 Å². The summed E-state index contributed by atoms with van der Waals surface area (Å²) < 4.78 is 27.6. The Balaban J connectivity index is 3.45. The van der Waals surface area contributed by atoms with Crippen LogP contribution < -0.4 is 16.0 Å². The largest absolute Gasteiger partial charge is 0.494 e. The molecule has 14 heavy (non-hydrogen) atoms. The Labute approximate surface area is 82.8 Å². The Morgan fingerprint density at radius 3 is 2.50 bits per heavy atom. The van der Waals surface area contributed by atoms with Crippen molar-refractivity contribution in [2.45, 2.75) is 4.90 Å². The van der Waals surface area contributed by atoms with Gasteiger partial charge in [-0.15, -0.1) is 0 Å². The molecule has 78 valence electrons. The Bertz CT molecular complexity index is 428. The van der Waals surface area contributed by atoms with Gasteiger partial charge in [-0.1, -0.05) is 6.07 Å². The summed E-state index contributed by atoms with van der Waals surface area (Å²) in [4.78, 5) is 0.124. The van der Waals surface area contributed by atoms with E-state index in [-0.39, 0.29) is 10.6 Å². The van der Waals surface area contributed by atoms with E-state index in [1.165, 1.54) is 13.2 Å². The zero-order chi connectivity index (χ0) is 10.8. The zero-order valence-corrected chi connectivity index (χ0v) is 8.76. The van der Waals surface area contributed by atoms with E-state index in [2.05, 4.69) is 5.43 Å². The Kier molecular flexibility index (Phi) is 2.97. The van der Waals surface area contributed by atoms with Gasteiger partial charge in [0.25, 0.3) is 0 Å². The summed E-state index contributed by atoms with van der Waals surface area (Å²) in [6.45, 7) is 0. The van der Waals surface area contributed by atoms with Crippen LogP contribution in [0.3, 0.4) is 0 Å². The lowest BCUT2D eigenvalue weighted by Gasteiger charge is -2.11. The van der Waals surface area contributed by atoms with Crippen LogP contribution in [0.5, 0.6) is 5.75 Å². The molecular formula is C8H12N2O3S. The highest BCUT2D eigenvalue weighted by Gasteiger charge is 2.15. The van der Waals surface area contributed by atoms with Gasteiger partial charge < -0.3 is 10.2 Å². The molecule has 0 atom stereocenters. The van der Waals surface area contributed by atoms with E-state index >= 15 is 0 Å². The molecule has 0 aliphatic rings. The summed E-state index contributed by atoms with van der Waals surface area (Å²) in [5.74, 6) is 5.63. The highest BCUT2D eigenvalue weighted by molar-refractivity contribution is 7.90. The minimum atomic E-state index is -3.30. The molecule has 1 rings (SSSR count). The van der Waals surface area contributed by atoms with Crippen LogP contribution in [0.15, 0.2) is 23.1 Å². The Morgan fingerprint density at radius 1 is 1.43 bits per heavy atom. The number of hydrogen-bond donors (Lipinski definition) is 2. The number of rotatable bonds is 3. The van der Waals surface area contributed by atoms with E-state index in [1.807, 2.05) is 0 Å². The van der Waals surface area contributed by atoms with Gasteiger partial charge in [0.1, 0.15) is 11.4 Å². The second-order valence-corrected chi connectivity index (χ2v) is 4.73. The lowest BCUT2D eigenvalue weighted by atomic mass is 10.3. The van der Waals surface area contributed by atoms with Crippen molar-refractivity contribution in [2.75, 3.05) is 18.8 Å². The van der Waals surface area contributed by atoms with Crippen LogP contribution in [0.2, 0.25) is 0 Å². The molecule has 0 radical (unpaired) electrons. The third-order valence-electron chi connectivity index (χ3n) is 1.75. The first-order chi connectivity index (χ1) is 6.50. The summed E-state index contributed by atoms with van der Waals surface area (Å²) in [5, 5.41) is 0. The van der Waals surface area contributed by atoms with Crippen LogP contribution in [0, 0.1) is 0 Å². The molecular weight excluding hydrogens is 204 g/mol. The van der Waals surface area contributed by atoms with Crippen molar-refractivity contribution in [3.05, 3.63) is 18.2 Å². The maximum atomic E-state index is 11.3. The molecule has 0 spiro atoms. The quantitative estimate of drug-likeness (QED) is 0.564. The fourth-order valence-electron chi connectivity index (χ4n) is 1.13. The van der Waals surface area contributed by atoms with Gasteiger partial charge in [-0.3, -0.25) is 5.84 Å². The molecule has 0 aliphatic heterocycles. The molecule has 0 saturated heterocycles. The number of nitrogens with one attached hydrogen (secondary N) is 1. The summed E-state index contributed by atoms with van der Waals surface area (Å²) in [7, 11) is -1.85. The van der Waals surface area contributed by atoms with E-state index in [1.54, 1.807) is 12.1 Å². The Hall–Kier alpha value is -1.27. The first-order valence-electron chi connectivity index (χ1n) is 3.84. The van der Waals surface area contributed by atoms with E-state index in [4.69, 9.17) is 10.6 Å². The fourth-order valence-corrected chi connectivity index (χ4v) is 1.99. The van der Waals surface area contributed by atoms with Crippen molar-refractivity contribution in [2.24, 2.45) is 5.84 Å². The van der Waals surface area contributed by atoms with Gasteiger partial charge in [0.2, 0.25) is 0 Å². The van der Waals surface area contributed by atoms with Gasteiger partial charge in [0.15, 0.2) is 9.84 Å². The number of para-hydroxylation sites is 1. The van der Waals surface area contributed by atoms with E-state index < -0.39 is 9.84 Å². The number of sulfone groups is 1. The fraction of sp³-hybridized carbons (Fsp3) is 0.250. The van der Waals surface area contributed by atoms with Gasteiger partial charge in [-0.25, -0.2) is 8.42 Å². The van der Waals surface area contributed by atoms with Gasteiger partial charge in [-0.05, 0) is 12.1 Å². The molecule has 1 aromatic carbocycles. The number of nitrogens with two attached hydrogens (primary N) is 1. The second-order valence-electron chi connectivity index (χ2n) is 2.75. The van der Waals surface area contributed by atoms with Crippen LogP contribution in [0.1, 0.15) is 0 Å². The number of nitrogen functional groups attached to an aromatic ring is 1. The number of anilines is 1. The maximum Gasteiger partial charge on any atom is 0.177 e. The maximum absolute atomic E-state index is 11.3. The van der Waals surface area contributed by atoms with Crippen molar-refractivity contribution in [1.82, 2.24) is 0 Å². The molecule has 0 fully saturated rings. The summed E-state index contributed by atoms with van der Waals surface area (Å²) in [5.41, 5.74) is 2.59. The Morgan fingerprint density at radius 2 is 2.07 bits per heavy atom. The summed E-state index contributed by atoms with van der Waals surface area (Å²) >= 11 is 0. The SMILES string of the molecule is COc1cccc(S(C)(=O)=O)c1NN. The molecule has 6 heteroatoms. The lowest BCUT2D eigenvalue weighted by Crippen LogP contribution is -2.12. The van der Waals surface area contributed by atoms with Crippen LogP contribution in [0.4, 0.5) is 5.69 Å². The predicted molar refractivity (Wildman–Crippen MR) is 53.9 cm³/mol. The zero-order valence-electron chi connectivity index (χ0n) is 7.94. The van der Waals surface area contributed by atoms with Gasteiger partial charge in [-0.2, -0.15) is 0 Å². The second kappa shape index (κ2) is 3.85. The smallest absolute Gasteiger partial charge is 0.177 e. The van der Waals surface area contributed by atoms with Gasteiger partial charge in [0, 0.05) is 6.26 Å². The molecule has 0 bridgehead atoms. The van der Waals surface area contributed by atoms with Crippen LogP contribution in [0.25, 0.3) is 0 Å². The van der Waals surface area contributed by atoms with Crippen molar-refractivity contribution in [1.29, 1.82) is 0 Å². The predicted octanol–water partition coefficient (Wildman–Crippen LogP) is 0.384.